The number of rotatable bonds is 11. The Bertz CT molecular complexity index is 578. The lowest BCUT2D eigenvalue weighted by atomic mass is 10.2. The van der Waals surface area contributed by atoms with Gasteiger partial charge in [0.15, 0.2) is 0 Å². The van der Waals surface area contributed by atoms with Crippen LogP contribution in [0.4, 0.5) is 0 Å². The van der Waals surface area contributed by atoms with Crippen molar-refractivity contribution in [3.05, 3.63) is 24.3 Å². The molecule has 0 aliphatic rings. The van der Waals surface area contributed by atoms with Gasteiger partial charge < -0.3 is 14.2 Å². The molecule has 8 nitrogen and oxygen atoms in total. The number of esters is 2. The van der Waals surface area contributed by atoms with E-state index in [0.717, 1.165) is 0 Å². The van der Waals surface area contributed by atoms with Crippen molar-refractivity contribution in [1.82, 2.24) is 0 Å². The van der Waals surface area contributed by atoms with E-state index in [-0.39, 0.29) is 37.2 Å². The van der Waals surface area contributed by atoms with Gasteiger partial charge in [0.25, 0.3) is 10.1 Å². The zero-order chi connectivity index (χ0) is 18.9. The summed E-state index contributed by atoms with van der Waals surface area (Å²) in [6.07, 6.45) is -0.861. The van der Waals surface area contributed by atoms with Gasteiger partial charge in [-0.1, -0.05) is 20.1 Å². The standard InChI is InChI=1S/C15H24O8S/c1-6-13(24(18,19)20)12(21-5)9-23-15(17)11(4)7-8-22-14(16)10(2)3/h12-13H,2,4,6-9H2,1,3,5H3,(H,18,19,20). The molecular weight excluding hydrogens is 340 g/mol. The predicted octanol–water partition coefficient (Wildman–Crippen LogP) is 1.28. The first-order chi connectivity index (χ1) is 11.0. The molecule has 138 valence electrons. The van der Waals surface area contributed by atoms with E-state index in [1.807, 2.05) is 0 Å². The third-order valence-electron chi connectivity index (χ3n) is 3.16. The maximum atomic E-state index is 11.8. The summed E-state index contributed by atoms with van der Waals surface area (Å²) in [5.41, 5.74) is 0.293. The van der Waals surface area contributed by atoms with Crippen LogP contribution < -0.4 is 0 Å². The molecule has 0 bridgehead atoms. The van der Waals surface area contributed by atoms with Crippen LogP contribution in [0.15, 0.2) is 24.3 Å². The largest absolute Gasteiger partial charge is 0.462 e. The molecule has 0 aliphatic heterocycles. The minimum Gasteiger partial charge on any atom is -0.462 e. The lowest BCUT2D eigenvalue weighted by Crippen LogP contribution is -2.38. The molecule has 0 radical (unpaired) electrons. The highest BCUT2D eigenvalue weighted by molar-refractivity contribution is 7.86. The molecule has 0 heterocycles. The van der Waals surface area contributed by atoms with Gasteiger partial charge in [0.05, 0.1) is 6.61 Å². The maximum absolute atomic E-state index is 11.8. The lowest BCUT2D eigenvalue weighted by molar-refractivity contribution is -0.144. The Kier molecular flexibility index (Phi) is 9.49. The molecular formula is C15H24O8S. The summed E-state index contributed by atoms with van der Waals surface area (Å²) in [7, 11) is -3.08. The molecule has 2 atom stereocenters. The number of methoxy groups -OCH3 is 1. The van der Waals surface area contributed by atoms with Crippen molar-refractivity contribution < 1.29 is 36.8 Å². The molecule has 0 saturated heterocycles. The third kappa shape index (κ3) is 7.71. The van der Waals surface area contributed by atoms with Crippen molar-refractivity contribution in [1.29, 1.82) is 0 Å². The number of ether oxygens (including phenoxy) is 3. The first-order valence-electron chi connectivity index (χ1n) is 7.21. The van der Waals surface area contributed by atoms with Gasteiger partial charge in [0, 0.05) is 24.7 Å². The minimum absolute atomic E-state index is 0.0549. The smallest absolute Gasteiger partial charge is 0.333 e. The fraction of sp³-hybridized carbons (Fsp3) is 0.600. The van der Waals surface area contributed by atoms with Gasteiger partial charge in [-0.3, -0.25) is 4.55 Å². The second-order valence-electron chi connectivity index (χ2n) is 5.10. The van der Waals surface area contributed by atoms with E-state index in [9.17, 15) is 18.0 Å². The molecule has 0 amide bonds. The van der Waals surface area contributed by atoms with Crippen LogP contribution in [0.5, 0.6) is 0 Å². The van der Waals surface area contributed by atoms with E-state index in [0.29, 0.717) is 0 Å². The summed E-state index contributed by atoms with van der Waals surface area (Å²) in [5.74, 6) is -1.34. The fourth-order valence-corrected chi connectivity index (χ4v) is 2.74. The van der Waals surface area contributed by atoms with Crippen molar-refractivity contribution in [3.63, 3.8) is 0 Å². The molecule has 0 aromatic heterocycles. The minimum atomic E-state index is -4.33. The van der Waals surface area contributed by atoms with Crippen LogP contribution in [-0.2, 0) is 33.9 Å². The topological polar surface area (TPSA) is 116 Å². The summed E-state index contributed by atoms with van der Waals surface area (Å²) in [6.45, 7) is 9.57. The van der Waals surface area contributed by atoms with Gasteiger partial charge in [-0.15, -0.1) is 0 Å². The van der Waals surface area contributed by atoms with Gasteiger partial charge >= 0.3 is 11.9 Å². The van der Waals surface area contributed by atoms with E-state index in [2.05, 4.69) is 13.2 Å². The highest BCUT2D eigenvalue weighted by Gasteiger charge is 2.32. The van der Waals surface area contributed by atoms with Crippen molar-refractivity contribution in [2.24, 2.45) is 0 Å². The molecule has 0 aromatic carbocycles. The lowest BCUT2D eigenvalue weighted by Gasteiger charge is -2.22. The second kappa shape index (κ2) is 10.2. The van der Waals surface area contributed by atoms with Crippen molar-refractivity contribution >= 4 is 22.1 Å². The Morgan fingerprint density at radius 1 is 1.17 bits per heavy atom. The van der Waals surface area contributed by atoms with E-state index < -0.39 is 33.4 Å². The number of carbonyl (C=O) groups is 2. The second-order valence-corrected chi connectivity index (χ2v) is 6.74. The van der Waals surface area contributed by atoms with Crippen LogP contribution in [0.3, 0.4) is 0 Å². The van der Waals surface area contributed by atoms with Crippen LogP contribution in [0, 0.1) is 0 Å². The van der Waals surface area contributed by atoms with Crippen LogP contribution in [0.2, 0.25) is 0 Å². The molecule has 0 saturated carbocycles. The Balaban J connectivity index is 4.47. The predicted molar refractivity (Wildman–Crippen MR) is 86.9 cm³/mol. The molecule has 9 heteroatoms. The number of hydrogen-bond acceptors (Lipinski definition) is 7. The Hall–Kier alpha value is -1.71. The average molecular weight is 364 g/mol. The van der Waals surface area contributed by atoms with E-state index in [4.69, 9.17) is 18.8 Å². The van der Waals surface area contributed by atoms with E-state index in [1.165, 1.54) is 14.0 Å². The molecule has 0 fully saturated rings. The van der Waals surface area contributed by atoms with Crippen LogP contribution in [0.1, 0.15) is 26.7 Å². The molecule has 0 aliphatic carbocycles. The van der Waals surface area contributed by atoms with Crippen molar-refractivity contribution in [3.8, 4) is 0 Å². The van der Waals surface area contributed by atoms with Crippen molar-refractivity contribution in [2.75, 3.05) is 20.3 Å². The monoisotopic (exact) mass is 364 g/mol. The Labute approximate surface area is 142 Å². The van der Waals surface area contributed by atoms with Gasteiger partial charge in [-0.2, -0.15) is 8.42 Å². The van der Waals surface area contributed by atoms with Gasteiger partial charge in [0.1, 0.15) is 18.0 Å². The van der Waals surface area contributed by atoms with Gasteiger partial charge in [-0.25, -0.2) is 9.59 Å². The van der Waals surface area contributed by atoms with E-state index in [1.54, 1.807) is 6.92 Å². The SMILES string of the molecule is C=C(C)C(=O)OCCC(=C)C(=O)OCC(OC)C(CC)S(=O)(=O)O. The molecule has 0 aromatic rings. The first-order valence-corrected chi connectivity index (χ1v) is 8.71. The van der Waals surface area contributed by atoms with E-state index >= 15 is 0 Å². The van der Waals surface area contributed by atoms with Crippen LogP contribution >= 0.6 is 0 Å². The fourth-order valence-electron chi connectivity index (χ4n) is 1.74. The normalized spacial score (nSPS) is 13.7. The molecule has 0 rings (SSSR count). The molecule has 1 N–H and O–H groups in total. The summed E-state index contributed by atoms with van der Waals surface area (Å²) < 4.78 is 46.4. The highest BCUT2D eigenvalue weighted by atomic mass is 32.2. The molecule has 24 heavy (non-hydrogen) atoms. The Morgan fingerprint density at radius 3 is 2.17 bits per heavy atom. The summed E-state index contributed by atoms with van der Waals surface area (Å²) >= 11 is 0. The molecule has 0 spiro atoms. The maximum Gasteiger partial charge on any atom is 0.333 e. The summed E-state index contributed by atoms with van der Waals surface area (Å²) in [4.78, 5) is 23.0. The number of hydrogen-bond donors (Lipinski definition) is 1. The van der Waals surface area contributed by atoms with Crippen molar-refractivity contribution in [2.45, 2.75) is 38.0 Å². The van der Waals surface area contributed by atoms with Crippen LogP contribution in [-0.4, -0.2) is 56.6 Å². The Morgan fingerprint density at radius 2 is 1.75 bits per heavy atom. The van der Waals surface area contributed by atoms with Gasteiger partial charge in [-0.05, 0) is 13.3 Å². The van der Waals surface area contributed by atoms with Gasteiger partial charge in [0.2, 0.25) is 0 Å². The average Bonchev–Trinajstić information content (AvgIpc) is 2.49. The van der Waals surface area contributed by atoms with Crippen LogP contribution in [0.25, 0.3) is 0 Å². The first kappa shape index (κ1) is 22.3. The zero-order valence-electron chi connectivity index (χ0n) is 14.1. The quantitative estimate of drug-likeness (QED) is 0.331. The zero-order valence-corrected chi connectivity index (χ0v) is 14.9. The summed E-state index contributed by atoms with van der Waals surface area (Å²) in [5, 5.41) is -1.21. The summed E-state index contributed by atoms with van der Waals surface area (Å²) in [6, 6.07) is 0. The molecule has 2 unspecified atom stereocenters. The number of carbonyl (C=O) groups excluding carboxylic acids is 2. The third-order valence-corrected chi connectivity index (χ3v) is 4.56. The highest BCUT2D eigenvalue weighted by Crippen LogP contribution is 2.14.